The van der Waals surface area contributed by atoms with Gasteiger partial charge in [0.2, 0.25) is 0 Å². The topological polar surface area (TPSA) is 78.6 Å². The third kappa shape index (κ3) is 5.60. The number of nitrogens with one attached hydrogen (secondary N) is 1. The van der Waals surface area contributed by atoms with E-state index < -0.39 is 4.92 Å². The molecule has 9 heteroatoms. The molecule has 1 aliphatic heterocycles. The van der Waals surface area contributed by atoms with Gasteiger partial charge in [-0.25, -0.2) is 0 Å². The van der Waals surface area contributed by atoms with E-state index >= 15 is 0 Å². The first kappa shape index (κ1) is 23.1. The summed E-state index contributed by atoms with van der Waals surface area (Å²) in [7, 11) is 0. The summed E-state index contributed by atoms with van der Waals surface area (Å²) in [6, 6.07) is 2.68. The van der Waals surface area contributed by atoms with Crippen LogP contribution in [-0.2, 0) is 0 Å². The molecule has 136 valence electrons. The molecule has 24 heavy (non-hydrogen) atoms. The van der Waals surface area contributed by atoms with Crippen molar-refractivity contribution in [1.82, 2.24) is 10.2 Å². The smallest absolute Gasteiger partial charge is 0.271 e. The Morgan fingerprint density at radius 2 is 2.04 bits per heavy atom. The van der Waals surface area contributed by atoms with Gasteiger partial charge in [0.15, 0.2) is 0 Å². The van der Waals surface area contributed by atoms with Gasteiger partial charge in [-0.15, -0.1) is 31.4 Å². The van der Waals surface area contributed by atoms with E-state index in [0.717, 1.165) is 31.8 Å². The highest BCUT2D eigenvalue weighted by molar-refractivity contribution is 9.10. The van der Waals surface area contributed by atoms with E-state index in [1.165, 1.54) is 12.1 Å². The summed E-state index contributed by atoms with van der Waals surface area (Å²) >= 11 is 3.22. The molecule has 0 aliphatic carbocycles. The Balaban J connectivity index is 0.00000264. The highest BCUT2D eigenvalue weighted by Gasteiger charge is 2.27. The normalized spacial score (nSPS) is 15.8. The maximum Gasteiger partial charge on any atom is 0.271 e. The highest BCUT2D eigenvalue weighted by atomic mass is 79.9. The number of nitrogens with zero attached hydrogens (tertiary/aromatic N) is 2. The van der Waals surface area contributed by atoms with Gasteiger partial charge in [0.1, 0.15) is 5.75 Å². The summed E-state index contributed by atoms with van der Waals surface area (Å²) in [5, 5.41) is 24.8. The van der Waals surface area contributed by atoms with Crippen LogP contribution in [0.3, 0.4) is 0 Å². The van der Waals surface area contributed by atoms with Crippen LogP contribution >= 0.6 is 40.7 Å². The summed E-state index contributed by atoms with van der Waals surface area (Å²) in [5.41, 5.74) is 1.53. The highest BCUT2D eigenvalue weighted by Crippen LogP contribution is 2.40. The molecule has 6 nitrogen and oxygen atoms in total. The minimum absolute atomic E-state index is 0. The Hall–Kier alpha value is -0.860. The second-order valence-electron chi connectivity index (χ2n) is 5.59. The van der Waals surface area contributed by atoms with Gasteiger partial charge < -0.3 is 10.4 Å². The summed E-state index contributed by atoms with van der Waals surface area (Å²) in [6.07, 6.45) is 0.654. The molecule has 1 aromatic rings. The SMILES string of the molecule is C=C(C)C[C@H](c1cc([N+](=O)[O-])cc(Br)c1O)N1CCNCC1.Cl.Cl. The lowest BCUT2D eigenvalue weighted by atomic mass is 9.96. The number of benzene rings is 1. The van der Waals surface area contributed by atoms with Gasteiger partial charge in [-0.3, -0.25) is 15.0 Å². The average molecular weight is 443 g/mol. The maximum atomic E-state index is 11.1. The van der Waals surface area contributed by atoms with Crippen LogP contribution in [-0.4, -0.2) is 41.1 Å². The van der Waals surface area contributed by atoms with Gasteiger partial charge in [0.05, 0.1) is 9.40 Å². The van der Waals surface area contributed by atoms with Crippen LogP contribution in [0.2, 0.25) is 0 Å². The minimum Gasteiger partial charge on any atom is -0.506 e. The predicted molar refractivity (Wildman–Crippen MR) is 104 cm³/mol. The number of hydrogen-bond donors (Lipinski definition) is 2. The molecule has 0 spiro atoms. The fraction of sp³-hybridized carbons (Fsp3) is 0.467. The van der Waals surface area contributed by atoms with Gasteiger partial charge in [0, 0.05) is 49.9 Å². The van der Waals surface area contributed by atoms with Crippen LogP contribution in [0.5, 0.6) is 5.75 Å². The number of nitro benzene ring substituents is 1. The molecule has 0 saturated carbocycles. The first-order valence-electron chi connectivity index (χ1n) is 7.16. The number of piperazine rings is 1. The minimum atomic E-state index is -0.441. The quantitative estimate of drug-likeness (QED) is 0.411. The predicted octanol–water partition coefficient (Wildman–Crippen LogP) is 3.82. The number of halogens is 3. The molecule has 1 fully saturated rings. The van der Waals surface area contributed by atoms with Crippen molar-refractivity contribution in [2.45, 2.75) is 19.4 Å². The molecule has 0 amide bonds. The molecule has 2 rings (SSSR count). The van der Waals surface area contributed by atoms with Gasteiger partial charge in [-0.05, 0) is 29.3 Å². The second kappa shape index (κ2) is 10.2. The monoisotopic (exact) mass is 441 g/mol. The largest absolute Gasteiger partial charge is 0.506 e. The van der Waals surface area contributed by atoms with Crippen molar-refractivity contribution < 1.29 is 10.0 Å². The Labute approximate surface area is 162 Å². The fourth-order valence-corrected chi connectivity index (χ4v) is 3.19. The van der Waals surface area contributed by atoms with Gasteiger partial charge in [-0.1, -0.05) is 5.57 Å². The van der Waals surface area contributed by atoms with Crippen molar-refractivity contribution in [2.75, 3.05) is 26.2 Å². The molecule has 0 unspecified atom stereocenters. The number of hydrogen-bond acceptors (Lipinski definition) is 5. The van der Waals surface area contributed by atoms with Crippen molar-refractivity contribution in [3.63, 3.8) is 0 Å². The van der Waals surface area contributed by atoms with Crippen LogP contribution < -0.4 is 5.32 Å². The average Bonchev–Trinajstić information content (AvgIpc) is 2.48. The van der Waals surface area contributed by atoms with E-state index in [1.54, 1.807) is 0 Å². The summed E-state index contributed by atoms with van der Waals surface area (Å²) in [4.78, 5) is 12.9. The van der Waals surface area contributed by atoms with Crippen molar-refractivity contribution in [1.29, 1.82) is 0 Å². The molecular formula is C15H22BrCl2N3O3. The first-order valence-corrected chi connectivity index (χ1v) is 7.95. The molecule has 0 aromatic heterocycles. The number of phenolic OH excluding ortho intramolecular Hbond substituents is 1. The Kier molecular flexibility index (Phi) is 9.84. The van der Waals surface area contributed by atoms with E-state index in [0.29, 0.717) is 16.5 Å². The third-order valence-corrected chi connectivity index (χ3v) is 4.39. The van der Waals surface area contributed by atoms with Crippen molar-refractivity contribution in [3.05, 3.63) is 44.4 Å². The lowest BCUT2D eigenvalue weighted by Gasteiger charge is -2.35. The second-order valence-corrected chi connectivity index (χ2v) is 6.44. The summed E-state index contributed by atoms with van der Waals surface area (Å²) < 4.78 is 0.346. The molecule has 1 aromatic carbocycles. The fourth-order valence-electron chi connectivity index (χ4n) is 2.72. The Morgan fingerprint density at radius 1 is 1.46 bits per heavy atom. The van der Waals surface area contributed by atoms with E-state index in [1.807, 2.05) is 6.92 Å². The molecular weight excluding hydrogens is 421 g/mol. The first-order chi connectivity index (χ1) is 10.4. The standard InChI is InChI=1S/C15H20BrN3O3.2ClH/c1-10(2)7-14(18-5-3-17-4-6-18)12-8-11(19(21)22)9-13(16)15(12)20;;/h8-9,14,17,20H,1,3-7H2,2H3;2*1H/t14-;;/m1../s1. The van der Waals surface area contributed by atoms with Crippen molar-refractivity contribution >= 4 is 46.4 Å². The summed E-state index contributed by atoms with van der Waals surface area (Å²) in [6.45, 7) is 9.28. The molecule has 1 aliphatic rings. The zero-order chi connectivity index (χ0) is 16.3. The number of non-ortho nitro benzene ring substituents is 1. The van der Waals surface area contributed by atoms with E-state index in [-0.39, 0.29) is 42.3 Å². The zero-order valence-electron chi connectivity index (χ0n) is 13.3. The third-order valence-electron chi connectivity index (χ3n) is 3.78. The molecule has 0 bridgehead atoms. The Bertz CT molecular complexity index is 596. The number of rotatable bonds is 5. The van der Waals surface area contributed by atoms with Crippen LogP contribution in [0, 0.1) is 10.1 Å². The van der Waals surface area contributed by atoms with Crippen LogP contribution in [0.15, 0.2) is 28.8 Å². The van der Waals surface area contributed by atoms with E-state index in [4.69, 9.17) is 0 Å². The molecule has 1 saturated heterocycles. The lowest BCUT2D eigenvalue weighted by Crippen LogP contribution is -2.45. The molecule has 1 atom stereocenters. The number of nitro groups is 1. The van der Waals surface area contributed by atoms with E-state index in [9.17, 15) is 15.2 Å². The number of phenols is 1. The van der Waals surface area contributed by atoms with Gasteiger partial charge >= 0.3 is 0 Å². The van der Waals surface area contributed by atoms with Crippen molar-refractivity contribution in [2.24, 2.45) is 0 Å². The summed E-state index contributed by atoms with van der Waals surface area (Å²) in [5.74, 6) is 0.0652. The van der Waals surface area contributed by atoms with Gasteiger partial charge in [-0.2, -0.15) is 0 Å². The van der Waals surface area contributed by atoms with Crippen LogP contribution in [0.25, 0.3) is 0 Å². The maximum absolute atomic E-state index is 11.1. The van der Waals surface area contributed by atoms with Gasteiger partial charge in [0.25, 0.3) is 5.69 Å². The van der Waals surface area contributed by atoms with Crippen LogP contribution in [0.1, 0.15) is 24.9 Å². The zero-order valence-corrected chi connectivity index (χ0v) is 16.5. The molecule has 1 heterocycles. The van der Waals surface area contributed by atoms with Crippen LogP contribution in [0.4, 0.5) is 5.69 Å². The molecule has 2 N–H and O–H groups in total. The van der Waals surface area contributed by atoms with Crippen molar-refractivity contribution in [3.8, 4) is 5.75 Å². The molecule has 0 radical (unpaired) electrons. The lowest BCUT2D eigenvalue weighted by molar-refractivity contribution is -0.385. The number of aromatic hydroxyl groups is 1. The Morgan fingerprint density at radius 3 is 2.54 bits per heavy atom. The van der Waals surface area contributed by atoms with E-state index in [2.05, 4.69) is 32.7 Å².